The number of nitriles is 1. The molecular weight excluding hydrogens is 206 g/mol. The smallest absolute Gasteiger partial charge is 0.242 e. The summed E-state index contributed by atoms with van der Waals surface area (Å²) in [5.41, 5.74) is -1.12. The van der Waals surface area contributed by atoms with Crippen molar-refractivity contribution >= 4 is 11.8 Å². The fourth-order valence-corrected chi connectivity index (χ4v) is 0.903. The first-order chi connectivity index (χ1) is 7.20. The van der Waals surface area contributed by atoms with Gasteiger partial charge in [-0.1, -0.05) is 0 Å². The Morgan fingerprint density at radius 1 is 1.19 bits per heavy atom. The van der Waals surface area contributed by atoms with E-state index in [1.807, 2.05) is 19.9 Å². The topological polar surface area (TPSA) is 82.0 Å². The van der Waals surface area contributed by atoms with E-state index in [-0.39, 0.29) is 11.9 Å². The van der Waals surface area contributed by atoms with Gasteiger partial charge in [-0.2, -0.15) is 5.26 Å². The molecule has 0 aromatic rings. The van der Waals surface area contributed by atoms with Crippen LogP contribution >= 0.6 is 0 Å². The molecule has 2 amide bonds. The van der Waals surface area contributed by atoms with Crippen LogP contribution in [0.15, 0.2) is 0 Å². The minimum atomic E-state index is -1.12. The van der Waals surface area contributed by atoms with E-state index < -0.39 is 17.4 Å². The first-order valence-electron chi connectivity index (χ1n) is 5.23. The van der Waals surface area contributed by atoms with Gasteiger partial charge in [-0.05, 0) is 34.6 Å². The Kier molecular flexibility index (Phi) is 4.96. The van der Waals surface area contributed by atoms with Crippen molar-refractivity contribution in [1.82, 2.24) is 10.6 Å². The predicted molar refractivity (Wildman–Crippen MR) is 60.3 cm³/mol. The molecule has 0 spiro atoms. The van der Waals surface area contributed by atoms with Crippen molar-refractivity contribution < 1.29 is 9.59 Å². The minimum absolute atomic E-state index is 0.0239. The van der Waals surface area contributed by atoms with Gasteiger partial charge < -0.3 is 10.6 Å². The standard InChI is InChI=1S/C11H19N3O2/c1-7(2)13-9(15)8(3)14-10(16)11(4,5)6-12/h7-8H,1-5H3,(H,13,15)(H,14,16). The second-order valence-corrected chi connectivity index (χ2v) is 4.60. The van der Waals surface area contributed by atoms with Crippen LogP contribution in [-0.4, -0.2) is 23.9 Å². The lowest BCUT2D eigenvalue weighted by atomic mass is 9.94. The van der Waals surface area contributed by atoms with Crippen LogP contribution in [0, 0.1) is 16.7 Å². The first-order valence-corrected chi connectivity index (χ1v) is 5.23. The van der Waals surface area contributed by atoms with Crippen molar-refractivity contribution in [3.05, 3.63) is 0 Å². The van der Waals surface area contributed by atoms with Crippen LogP contribution in [0.3, 0.4) is 0 Å². The lowest BCUT2D eigenvalue weighted by Crippen LogP contribution is -2.49. The van der Waals surface area contributed by atoms with E-state index in [1.165, 1.54) is 13.8 Å². The lowest BCUT2D eigenvalue weighted by Gasteiger charge is -2.20. The number of carbonyl (C=O) groups excluding carboxylic acids is 2. The second-order valence-electron chi connectivity index (χ2n) is 4.60. The van der Waals surface area contributed by atoms with Crippen LogP contribution in [0.5, 0.6) is 0 Å². The zero-order valence-corrected chi connectivity index (χ0v) is 10.4. The number of carbonyl (C=O) groups is 2. The maximum Gasteiger partial charge on any atom is 0.242 e. The molecule has 0 aromatic heterocycles. The Morgan fingerprint density at radius 2 is 1.69 bits per heavy atom. The summed E-state index contributed by atoms with van der Waals surface area (Å²) in [4.78, 5) is 23.1. The average Bonchev–Trinajstić information content (AvgIpc) is 2.16. The van der Waals surface area contributed by atoms with Gasteiger partial charge in [0.05, 0.1) is 6.07 Å². The summed E-state index contributed by atoms with van der Waals surface area (Å²) in [5, 5.41) is 13.9. The van der Waals surface area contributed by atoms with Gasteiger partial charge >= 0.3 is 0 Å². The van der Waals surface area contributed by atoms with Gasteiger partial charge in [0.2, 0.25) is 11.8 Å². The molecule has 1 unspecified atom stereocenters. The summed E-state index contributed by atoms with van der Waals surface area (Å²) in [6.45, 7) is 8.28. The summed E-state index contributed by atoms with van der Waals surface area (Å²) < 4.78 is 0. The summed E-state index contributed by atoms with van der Waals surface area (Å²) >= 11 is 0. The number of amides is 2. The van der Waals surface area contributed by atoms with E-state index >= 15 is 0 Å². The SMILES string of the molecule is CC(C)NC(=O)C(C)NC(=O)C(C)(C)C#N. The molecule has 0 saturated carbocycles. The number of nitrogens with zero attached hydrogens (tertiary/aromatic N) is 1. The van der Waals surface area contributed by atoms with E-state index in [0.717, 1.165) is 0 Å². The molecule has 0 aliphatic heterocycles. The third kappa shape index (κ3) is 4.30. The van der Waals surface area contributed by atoms with E-state index in [2.05, 4.69) is 10.6 Å². The molecule has 0 saturated heterocycles. The Balaban J connectivity index is 4.37. The Bertz CT molecular complexity index is 316. The van der Waals surface area contributed by atoms with E-state index in [9.17, 15) is 9.59 Å². The van der Waals surface area contributed by atoms with Crippen LogP contribution in [-0.2, 0) is 9.59 Å². The fourth-order valence-electron chi connectivity index (χ4n) is 0.903. The summed E-state index contributed by atoms with van der Waals surface area (Å²) in [6, 6.07) is 1.27. The Labute approximate surface area is 96.2 Å². The highest BCUT2D eigenvalue weighted by Crippen LogP contribution is 2.12. The van der Waals surface area contributed by atoms with Crippen molar-refractivity contribution in [2.75, 3.05) is 0 Å². The maximum absolute atomic E-state index is 11.6. The van der Waals surface area contributed by atoms with Gasteiger partial charge in [0.15, 0.2) is 0 Å². The molecule has 90 valence electrons. The van der Waals surface area contributed by atoms with Gasteiger partial charge in [-0.25, -0.2) is 0 Å². The molecule has 16 heavy (non-hydrogen) atoms. The summed E-state index contributed by atoms with van der Waals surface area (Å²) in [7, 11) is 0. The second kappa shape index (κ2) is 5.50. The molecule has 0 aliphatic carbocycles. The van der Waals surface area contributed by atoms with Crippen LogP contribution in [0.1, 0.15) is 34.6 Å². The third-order valence-electron chi connectivity index (χ3n) is 2.02. The molecule has 5 heteroatoms. The van der Waals surface area contributed by atoms with Crippen molar-refractivity contribution in [2.45, 2.75) is 46.7 Å². The molecule has 0 aromatic carbocycles. The molecule has 0 rings (SSSR count). The molecule has 0 radical (unpaired) electrons. The van der Waals surface area contributed by atoms with Gasteiger partial charge in [0.1, 0.15) is 11.5 Å². The van der Waals surface area contributed by atoms with E-state index in [0.29, 0.717) is 0 Å². The highest BCUT2D eigenvalue weighted by molar-refractivity contribution is 5.90. The van der Waals surface area contributed by atoms with Crippen molar-refractivity contribution in [2.24, 2.45) is 5.41 Å². The zero-order valence-electron chi connectivity index (χ0n) is 10.4. The normalized spacial score (nSPS) is 12.8. The monoisotopic (exact) mass is 225 g/mol. The highest BCUT2D eigenvalue weighted by atomic mass is 16.2. The number of nitrogens with one attached hydrogen (secondary N) is 2. The van der Waals surface area contributed by atoms with Gasteiger partial charge in [0.25, 0.3) is 0 Å². The molecule has 0 bridgehead atoms. The predicted octanol–water partition coefficient (Wildman–Crippen LogP) is 0.565. The number of hydrogen-bond donors (Lipinski definition) is 2. The zero-order chi connectivity index (χ0) is 12.9. The lowest BCUT2D eigenvalue weighted by molar-refractivity contribution is -0.132. The Morgan fingerprint density at radius 3 is 2.06 bits per heavy atom. The molecule has 5 nitrogen and oxygen atoms in total. The van der Waals surface area contributed by atoms with Gasteiger partial charge in [-0.3, -0.25) is 9.59 Å². The van der Waals surface area contributed by atoms with E-state index in [1.54, 1.807) is 6.92 Å². The molecule has 0 fully saturated rings. The first kappa shape index (κ1) is 14.4. The fraction of sp³-hybridized carbons (Fsp3) is 0.727. The third-order valence-corrected chi connectivity index (χ3v) is 2.02. The van der Waals surface area contributed by atoms with Gasteiger partial charge in [-0.15, -0.1) is 0 Å². The van der Waals surface area contributed by atoms with Crippen LogP contribution in [0.2, 0.25) is 0 Å². The summed E-state index contributed by atoms with van der Waals surface area (Å²) in [6.07, 6.45) is 0. The maximum atomic E-state index is 11.6. The molecular formula is C11H19N3O2. The van der Waals surface area contributed by atoms with E-state index in [4.69, 9.17) is 5.26 Å². The number of rotatable bonds is 4. The molecule has 0 heterocycles. The number of hydrogen-bond acceptors (Lipinski definition) is 3. The van der Waals surface area contributed by atoms with Crippen LogP contribution in [0.25, 0.3) is 0 Å². The molecule has 0 aliphatic rings. The Hall–Kier alpha value is -1.57. The molecule has 1 atom stereocenters. The van der Waals surface area contributed by atoms with Crippen molar-refractivity contribution in [3.63, 3.8) is 0 Å². The minimum Gasteiger partial charge on any atom is -0.352 e. The highest BCUT2D eigenvalue weighted by Gasteiger charge is 2.29. The largest absolute Gasteiger partial charge is 0.352 e. The van der Waals surface area contributed by atoms with Crippen LogP contribution in [0.4, 0.5) is 0 Å². The van der Waals surface area contributed by atoms with Crippen molar-refractivity contribution in [3.8, 4) is 6.07 Å². The average molecular weight is 225 g/mol. The van der Waals surface area contributed by atoms with Crippen LogP contribution < -0.4 is 10.6 Å². The quantitative estimate of drug-likeness (QED) is 0.733. The molecule has 2 N–H and O–H groups in total. The van der Waals surface area contributed by atoms with Crippen molar-refractivity contribution in [1.29, 1.82) is 5.26 Å². The van der Waals surface area contributed by atoms with Gasteiger partial charge in [0, 0.05) is 6.04 Å². The summed E-state index contributed by atoms with van der Waals surface area (Å²) in [5.74, 6) is -0.696.